The summed E-state index contributed by atoms with van der Waals surface area (Å²) < 4.78 is 31.3. The molecular formula is C17H19F2N3O. The molecule has 0 saturated carbocycles. The van der Waals surface area contributed by atoms with Crippen LogP contribution in [0, 0.1) is 11.6 Å². The maximum Gasteiger partial charge on any atom is 0.193 e. The molecule has 6 heteroatoms. The van der Waals surface area contributed by atoms with E-state index in [0.29, 0.717) is 0 Å². The first-order valence-corrected chi connectivity index (χ1v) is 7.32. The van der Waals surface area contributed by atoms with E-state index in [1.54, 1.807) is 0 Å². The number of nitrogens with one attached hydrogen (secondary N) is 1. The molecule has 3 N–H and O–H groups in total. The lowest BCUT2D eigenvalue weighted by atomic mass is 10.1. The molecule has 4 nitrogen and oxygen atoms in total. The highest BCUT2D eigenvalue weighted by Gasteiger charge is 2.04. The smallest absolute Gasteiger partial charge is 0.193 e. The molecule has 0 aliphatic heterocycles. The highest BCUT2D eigenvalue weighted by Crippen LogP contribution is 2.17. The number of rotatable bonds is 6. The van der Waals surface area contributed by atoms with Crippen molar-refractivity contribution in [1.29, 1.82) is 0 Å². The SMILES string of the molecule is CCc1ccc(NC(N)=NCCOc2ccc(F)cc2F)cc1. The Bertz CT molecular complexity index is 672. The minimum atomic E-state index is -0.740. The van der Waals surface area contributed by atoms with Gasteiger partial charge in [0.1, 0.15) is 12.4 Å². The summed E-state index contributed by atoms with van der Waals surface area (Å²) in [5.74, 6) is -1.15. The first kappa shape index (κ1) is 16.7. The van der Waals surface area contributed by atoms with Crippen molar-refractivity contribution in [3.05, 3.63) is 59.7 Å². The Morgan fingerprint density at radius 1 is 1.17 bits per heavy atom. The largest absolute Gasteiger partial charge is 0.489 e. The van der Waals surface area contributed by atoms with E-state index in [9.17, 15) is 8.78 Å². The Hall–Kier alpha value is -2.63. The number of hydrogen-bond acceptors (Lipinski definition) is 2. The van der Waals surface area contributed by atoms with E-state index in [1.807, 2.05) is 24.3 Å². The molecule has 2 rings (SSSR count). The topological polar surface area (TPSA) is 59.6 Å². The molecule has 2 aromatic rings. The third-order valence-corrected chi connectivity index (χ3v) is 3.16. The second-order valence-corrected chi connectivity index (χ2v) is 4.87. The minimum absolute atomic E-state index is 0.0108. The minimum Gasteiger partial charge on any atom is -0.489 e. The predicted octanol–water partition coefficient (Wildman–Crippen LogP) is 3.33. The Labute approximate surface area is 134 Å². The average molecular weight is 319 g/mol. The van der Waals surface area contributed by atoms with Gasteiger partial charge in [0.25, 0.3) is 0 Å². The first-order valence-electron chi connectivity index (χ1n) is 7.32. The van der Waals surface area contributed by atoms with Gasteiger partial charge in [0.05, 0.1) is 6.54 Å². The van der Waals surface area contributed by atoms with Crippen molar-refractivity contribution >= 4 is 11.6 Å². The second kappa shape index (κ2) is 8.12. The number of guanidine groups is 1. The van der Waals surface area contributed by atoms with Crippen LogP contribution in [-0.2, 0) is 6.42 Å². The summed E-state index contributed by atoms with van der Waals surface area (Å²) in [4.78, 5) is 4.09. The molecule has 0 bridgehead atoms. The molecule has 0 fully saturated rings. The zero-order valence-electron chi connectivity index (χ0n) is 12.9. The molecule has 0 spiro atoms. The number of anilines is 1. The van der Waals surface area contributed by atoms with Gasteiger partial charge in [-0.2, -0.15) is 0 Å². The molecule has 0 heterocycles. The maximum absolute atomic E-state index is 13.3. The zero-order valence-corrected chi connectivity index (χ0v) is 12.9. The highest BCUT2D eigenvalue weighted by atomic mass is 19.1. The molecule has 0 saturated heterocycles. The van der Waals surface area contributed by atoms with Crippen molar-refractivity contribution in [3.63, 3.8) is 0 Å². The molecule has 0 aliphatic rings. The quantitative estimate of drug-likeness (QED) is 0.488. The van der Waals surface area contributed by atoms with Gasteiger partial charge >= 0.3 is 0 Å². The third kappa shape index (κ3) is 5.25. The van der Waals surface area contributed by atoms with Crippen LogP contribution in [0.15, 0.2) is 47.5 Å². The summed E-state index contributed by atoms with van der Waals surface area (Å²) >= 11 is 0. The summed E-state index contributed by atoms with van der Waals surface area (Å²) in [6.45, 7) is 2.48. The molecular weight excluding hydrogens is 300 g/mol. The van der Waals surface area contributed by atoms with E-state index in [-0.39, 0.29) is 24.9 Å². The molecule has 0 radical (unpaired) electrons. The summed E-state index contributed by atoms with van der Waals surface area (Å²) in [5.41, 5.74) is 7.84. The second-order valence-electron chi connectivity index (χ2n) is 4.87. The van der Waals surface area contributed by atoms with E-state index in [0.717, 1.165) is 24.2 Å². The number of nitrogens with two attached hydrogens (primary N) is 1. The Morgan fingerprint density at radius 3 is 2.57 bits per heavy atom. The molecule has 0 atom stereocenters. The standard InChI is InChI=1S/C17H19F2N3O/c1-2-12-3-6-14(7-4-12)22-17(20)21-9-10-23-16-8-5-13(18)11-15(16)19/h3-8,11H,2,9-10H2,1H3,(H3,20,21,22). The normalized spacial score (nSPS) is 11.3. The number of halogens is 2. The number of ether oxygens (including phenoxy) is 1. The monoisotopic (exact) mass is 319 g/mol. The fourth-order valence-electron chi connectivity index (χ4n) is 1.93. The van der Waals surface area contributed by atoms with Gasteiger partial charge in [0, 0.05) is 11.8 Å². The van der Waals surface area contributed by atoms with Crippen LogP contribution in [0.2, 0.25) is 0 Å². The van der Waals surface area contributed by atoms with E-state index < -0.39 is 11.6 Å². The van der Waals surface area contributed by atoms with Gasteiger partial charge in [-0.05, 0) is 36.2 Å². The van der Waals surface area contributed by atoms with Crippen LogP contribution < -0.4 is 15.8 Å². The molecule has 2 aromatic carbocycles. The van der Waals surface area contributed by atoms with E-state index in [1.165, 1.54) is 11.6 Å². The van der Waals surface area contributed by atoms with Gasteiger partial charge in [0.2, 0.25) is 0 Å². The molecule has 0 unspecified atom stereocenters. The lowest BCUT2D eigenvalue weighted by Crippen LogP contribution is -2.23. The van der Waals surface area contributed by atoms with Gasteiger partial charge in [0.15, 0.2) is 17.5 Å². The van der Waals surface area contributed by atoms with E-state index >= 15 is 0 Å². The van der Waals surface area contributed by atoms with Gasteiger partial charge in [-0.25, -0.2) is 13.8 Å². The molecule has 0 amide bonds. The Morgan fingerprint density at radius 2 is 1.91 bits per heavy atom. The van der Waals surface area contributed by atoms with Crippen LogP contribution in [-0.4, -0.2) is 19.1 Å². The third-order valence-electron chi connectivity index (χ3n) is 3.16. The summed E-state index contributed by atoms with van der Waals surface area (Å²) in [7, 11) is 0. The molecule has 0 aliphatic carbocycles. The fourth-order valence-corrected chi connectivity index (χ4v) is 1.93. The molecule has 122 valence electrons. The van der Waals surface area contributed by atoms with Gasteiger partial charge < -0.3 is 15.8 Å². The number of aryl methyl sites for hydroxylation is 1. The lowest BCUT2D eigenvalue weighted by molar-refractivity contribution is 0.310. The number of benzene rings is 2. The van der Waals surface area contributed by atoms with Crippen molar-refractivity contribution in [2.45, 2.75) is 13.3 Å². The van der Waals surface area contributed by atoms with E-state index in [2.05, 4.69) is 17.2 Å². The Balaban J connectivity index is 1.80. The van der Waals surface area contributed by atoms with Crippen LogP contribution in [0.1, 0.15) is 12.5 Å². The van der Waals surface area contributed by atoms with Crippen molar-refractivity contribution in [2.24, 2.45) is 10.7 Å². The number of aliphatic imine (C=N–C) groups is 1. The maximum atomic E-state index is 13.3. The molecule has 0 aromatic heterocycles. The van der Waals surface area contributed by atoms with Crippen molar-refractivity contribution < 1.29 is 13.5 Å². The van der Waals surface area contributed by atoms with Crippen LogP contribution in [0.4, 0.5) is 14.5 Å². The van der Waals surface area contributed by atoms with Gasteiger partial charge in [-0.1, -0.05) is 19.1 Å². The highest BCUT2D eigenvalue weighted by molar-refractivity contribution is 5.92. The van der Waals surface area contributed by atoms with Crippen molar-refractivity contribution in [3.8, 4) is 5.75 Å². The first-order chi connectivity index (χ1) is 11.1. The fraction of sp³-hybridized carbons (Fsp3) is 0.235. The summed E-state index contributed by atoms with van der Waals surface area (Å²) in [6.07, 6.45) is 0.973. The van der Waals surface area contributed by atoms with Crippen LogP contribution in [0.25, 0.3) is 0 Å². The lowest BCUT2D eigenvalue weighted by Gasteiger charge is -2.08. The zero-order chi connectivity index (χ0) is 16.7. The summed E-state index contributed by atoms with van der Waals surface area (Å²) in [5, 5.41) is 2.96. The van der Waals surface area contributed by atoms with Crippen LogP contribution in [0.3, 0.4) is 0 Å². The van der Waals surface area contributed by atoms with Gasteiger partial charge in [-0.3, -0.25) is 0 Å². The summed E-state index contributed by atoms with van der Waals surface area (Å²) in [6, 6.07) is 11.0. The molecule has 23 heavy (non-hydrogen) atoms. The van der Waals surface area contributed by atoms with Gasteiger partial charge in [-0.15, -0.1) is 0 Å². The van der Waals surface area contributed by atoms with Crippen molar-refractivity contribution in [2.75, 3.05) is 18.5 Å². The predicted molar refractivity (Wildman–Crippen MR) is 87.8 cm³/mol. The average Bonchev–Trinajstić information content (AvgIpc) is 2.54. The van der Waals surface area contributed by atoms with Crippen molar-refractivity contribution in [1.82, 2.24) is 0 Å². The number of hydrogen-bond donors (Lipinski definition) is 2. The van der Waals surface area contributed by atoms with Crippen LogP contribution in [0.5, 0.6) is 5.75 Å². The van der Waals surface area contributed by atoms with Crippen LogP contribution >= 0.6 is 0 Å². The Kier molecular flexibility index (Phi) is 5.91. The number of nitrogens with zero attached hydrogens (tertiary/aromatic N) is 1. The van der Waals surface area contributed by atoms with E-state index in [4.69, 9.17) is 10.5 Å².